The van der Waals surface area contributed by atoms with Crippen LogP contribution in [0.15, 0.2) is 49.1 Å². The molecule has 5 nitrogen and oxygen atoms in total. The van der Waals surface area contributed by atoms with Gasteiger partial charge in [-0.15, -0.1) is 0 Å². The topological polar surface area (TPSA) is 70.3 Å². The zero-order valence-electron chi connectivity index (χ0n) is 17.0. The molecule has 5 aromatic rings. The fourth-order valence-electron chi connectivity index (χ4n) is 5.24. The number of imidazole rings is 1. The van der Waals surface area contributed by atoms with Crippen LogP contribution in [0.4, 0.5) is 0 Å². The molecule has 0 saturated carbocycles. The minimum atomic E-state index is 0.228. The van der Waals surface area contributed by atoms with Crippen molar-refractivity contribution in [1.29, 1.82) is 5.41 Å². The summed E-state index contributed by atoms with van der Waals surface area (Å²) >= 11 is 0. The SMILES string of the molecule is Cc1c2ccccc2c(Cn2cnc(=N)c3[nH]cnc32)c2ccc3c(c12)CCCC3. The van der Waals surface area contributed by atoms with Crippen molar-refractivity contribution in [2.45, 2.75) is 39.2 Å². The van der Waals surface area contributed by atoms with E-state index in [2.05, 4.69) is 62.8 Å². The van der Waals surface area contributed by atoms with Crippen LogP contribution in [0.2, 0.25) is 0 Å². The molecule has 2 aromatic heterocycles. The van der Waals surface area contributed by atoms with Crippen LogP contribution in [-0.2, 0) is 19.4 Å². The lowest BCUT2D eigenvalue weighted by Crippen LogP contribution is -2.14. The van der Waals surface area contributed by atoms with Crippen LogP contribution in [-0.4, -0.2) is 19.5 Å². The first-order valence-corrected chi connectivity index (χ1v) is 10.6. The number of hydrogen-bond acceptors (Lipinski definition) is 3. The molecule has 0 radical (unpaired) electrons. The number of fused-ring (bicyclic) bond motifs is 5. The number of nitrogens with zero attached hydrogens (tertiary/aromatic N) is 3. The van der Waals surface area contributed by atoms with Crippen LogP contribution in [0.3, 0.4) is 0 Å². The summed E-state index contributed by atoms with van der Waals surface area (Å²) in [6, 6.07) is 13.4. The normalized spacial score (nSPS) is 13.9. The van der Waals surface area contributed by atoms with Gasteiger partial charge < -0.3 is 9.55 Å². The molecule has 0 atom stereocenters. The maximum absolute atomic E-state index is 8.06. The Balaban J connectivity index is 1.69. The quantitative estimate of drug-likeness (QED) is 0.424. The summed E-state index contributed by atoms with van der Waals surface area (Å²) in [5.41, 5.74) is 7.41. The summed E-state index contributed by atoms with van der Waals surface area (Å²) in [7, 11) is 0. The molecular weight excluding hydrogens is 370 g/mol. The number of aromatic amines is 1. The Morgan fingerprint density at radius 1 is 1.00 bits per heavy atom. The van der Waals surface area contributed by atoms with Crippen molar-refractivity contribution < 1.29 is 0 Å². The second kappa shape index (κ2) is 6.52. The van der Waals surface area contributed by atoms with Crippen molar-refractivity contribution in [1.82, 2.24) is 19.5 Å². The van der Waals surface area contributed by atoms with E-state index in [4.69, 9.17) is 5.41 Å². The fraction of sp³-hybridized carbons (Fsp3) is 0.240. The third kappa shape index (κ3) is 2.45. The van der Waals surface area contributed by atoms with Gasteiger partial charge in [-0.25, -0.2) is 9.97 Å². The lowest BCUT2D eigenvalue weighted by Gasteiger charge is -2.23. The molecule has 30 heavy (non-hydrogen) atoms. The molecule has 1 aliphatic carbocycles. The third-order valence-corrected chi connectivity index (χ3v) is 6.67. The van der Waals surface area contributed by atoms with E-state index in [9.17, 15) is 0 Å². The molecule has 0 unspecified atom stereocenters. The van der Waals surface area contributed by atoms with Crippen LogP contribution < -0.4 is 5.49 Å². The van der Waals surface area contributed by atoms with Crippen molar-refractivity contribution in [2.75, 3.05) is 0 Å². The zero-order valence-corrected chi connectivity index (χ0v) is 17.0. The summed E-state index contributed by atoms with van der Waals surface area (Å²) in [6.07, 6.45) is 8.29. The first-order chi connectivity index (χ1) is 14.7. The van der Waals surface area contributed by atoms with Gasteiger partial charge in [0.2, 0.25) is 0 Å². The predicted molar refractivity (Wildman–Crippen MR) is 120 cm³/mol. The van der Waals surface area contributed by atoms with E-state index in [0.717, 1.165) is 12.1 Å². The van der Waals surface area contributed by atoms with E-state index in [1.165, 1.54) is 63.1 Å². The Bertz CT molecular complexity index is 1510. The summed E-state index contributed by atoms with van der Waals surface area (Å²) in [6.45, 7) is 2.95. The average Bonchev–Trinajstić information content (AvgIpc) is 3.29. The van der Waals surface area contributed by atoms with Crippen LogP contribution in [0.25, 0.3) is 32.7 Å². The van der Waals surface area contributed by atoms with Crippen molar-refractivity contribution in [3.05, 3.63) is 76.8 Å². The van der Waals surface area contributed by atoms with Crippen molar-refractivity contribution in [2.24, 2.45) is 0 Å². The van der Waals surface area contributed by atoms with Gasteiger partial charge in [0, 0.05) is 0 Å². The standard InChI is InChI=1S/C25H23N5/c1-15-17-7-4-5-9-19(17)21(12-30-14-29-24(26)23-25(30)28-13-27-23)20-11-10-16-6-2-3-8-18(16)22(15)20/h4-5,7,9-11,13-14,26H,2-3,6,8,12H2,1H3,(H,27,28). The summed E-state index contributed by atoms with van der Waals surface area (Å²) < 4.78 is 2.06. The highest BCUT2D eigenvalue weighted by molar-refractivity contribution is 6.07. The van der Waals surface area contributed by atoms with Crippen LogP contribution in [0.5, 0.6) is 0 Å². The van der Waals surface area contributed by atoms with Gasteiger partial charge in [0.25, 0.3) is 0 Å². The van der Waals surface area contributed by atoms with E-state index in [1.54, 1.807) is 12.7 Å². The van der Waals surface area contributed by atoms with Gasteiger partial charge in [-0.05, 0) is 76.4 Å². The smallest absolute Gasteiger partial charge is 0.173 e. The molecule has 148 valence electrons. The largest absolute Gasteiger partial charge is 0.340 e. The number of H-pyrrole nitrogens is 1. The number of nitrogens with one attached hydrogen (secondary N) is 2. The highest BCUT2D eigenvalue weighted by Gasteiger charge is 2.19. The molecular formula is C25H23N5. The van der Waals surface area contributed by atoms with Crippen molar-refractivity contribution in [3.63, 3.8) is 0 Å². The Morgan fingerprint density at radius 2 is 1.83 bits per heavy atom. The lowest BCUT2D eigenvalue weighted by atomic mass is 9.83. The number of aryl methyl sites for hydroxylation is 3. The van der Waals surface area contributed by atoms with E-state index < -0.39 is 0 Å². The van der Waals surface area contributed by atoms with Gasteiger partial charge in [0.1, 0.15) is 5.52 Å². The molecule has 0 spiro atoms. The maximum atomic E-state index is 8.06. The molecule has 0 saturated heterocycles. The summed E-state index contributed by atoms with van der Waals surface area (Å²) in [5.74, 6) is 0. The summed E-state index contributed by atoms with van der Waals surface area (Å²) in [4.78, 5) is 11.8. The number of rotatable bonds is 2. The first-order valence-electron chi connectivity index (χ1n) is 10.6. The molecule has 6 rings (SSSR count). The van der Waals surface area contributed by atoms with Crippen molar-refractivity contribution >= 4 is 32.7 Å². The van der Waals surface area contributed by atoms with E-state index in [-0.39, 0.29) is 5.49 Å². The minimum Gasteiger partial charge on any atom is -0.340 e. The van der Waals surface area contributed by atoms with Gasteiger partial charge >= 0.3 is 0 Å². The highest BCUT2D eigenvalue weighted by atomic mass is 15.1. The van der Waals surface area contributed by atoms with E-state index in [0.29, 0.717) is 12.1 Å². The Kier molecular flexibility index (Phi) is 3.78. The predicted octanol–water partition coefficient (Wildman–Crippen LogP) is 4.78. The molecule has 5 heteroatoms. The molecule has 2 N–H and O–H groups in total. The second-order valence-electron chi connectivity index (χ2n) is 8.30. The van der Waals surface area contributed by atoms with Gasteiger partial charge in [0.05, 0.1) is 19.2 Å². The summed E-state index contributed by atoms with van der Waals surface area (Å²) in [5, 5.41) is 13.4. The van der Waals surface area contributed by atoms with Gasteiger partial charge in [-0.2, -0.15) is 0 Å². The molecule has 3 aromatic carbocycles. The van der Waals surface area contributed by atoms with E-state index in [1.807, 2.05) is 0 Å². The first kappa shape index (κ1) is 17.4. The van der Waals surface area contributed by atoms with Crippen molar-refractivity contribution in [3.8, 4) is 0 Å². The van der Waals surface area contributed by atoms with Gasteiger partial charge in [0.15, 0.2) is 11.1 Å². The lowest BCUT2D eigenvalue weighted by molar-refractivity contribution is 0.690. The Labute approximate surface area is 173 Å². The molecule has 0 bridgehead atoms. The fourth-order valence-corrected chi connectivity index (χ4v) is 5.24. The van der Waals surface area contributed by atoms with E-state index >= 15 is 0 Å². The van der Waals surface area contributed by atoms with Crippen LogP contribution in [0.1, 0.15) is 35.1 Å². The molecule has 0 amide bonds. The zero-order chi connectivity index (χ0) is 20.2. The number of aromatic nitrogens is 4. The maximum Gasteiger partial charge on any atom is 0.173 e. The second-order valence-corrected chi connectivity index (χ2v) is 8.30. The van der Waals surface area contributed by atoms with Gasteiger partial charge in [-0.3, -0.25) is 5.41 Å². The molecule has 1 aliphatic rings. The van der Waals surface area contributed by atoms with Crippen LogP contribution >= 0.6 is 0 Å². The Hall–Kier alpha value is -3.47. The minimum absolute atomic E-state index is 0.228. The van der Waals surface area contributed by atoms with Crippen LogP contribution in [0, 0.1) is 12.3 Å². The van der Waals surface area contributed by atoms with Gasteiger partial charge in [-0.1, -0.05) is 36.4 Å². The number of hydrogen-bond donors (Lipinski definition) is 2. The molecule has 0 fully saturated rings. The molecule has 0 aliphatic heterocycles. The molecule has 2 heterocycles. The highest BCUT2D eigenvalue weighted by Crippen LogP contribution is 2.38. The number of benzene rings is 3. The monoisotopic (exact) mass is 393 g/mol. The third-order valence-electron chi connectivity index (χ3n) is 6.67. The average molecular weight is 393 g/mol. The Morgan fingerprint density at radius 3 is 2.73 bits per heavy atom.